The number of urea groups is 1. The molecule has 5 nitrogen and oxygen atoms in total. The summed E-state index contributed by atoms with van der Waals surface area (Å²) in [5, 5.41) is 1.52. The second kappa shape index (κ2) is 9.86. The SMILES string of the molecule is CN(C(=O)NC(=O)c1c(F)cccc1F)c1ccc(Oc2ccc(C(F)(F)F)cc2Cl)c(Cl)c1. The van der Waals surface area contributed by atoms with Crippen molar-refractivity contribution in [1.29, 1.82) is 0 Å². The number of ether oxygens (including phenoxy) is 1. The lowest BCUT2D eigenvalue weighted by molar-refractivity contribution is -0.137. The summed E-state index contributed by atoms with van der Waals surface area (Å²) in [4.78, 5) is 25.4. The van der Waals surface area contributed by atoms with Gasteiger partial charge in [-0.1, -0.05) is 29.3 Å². The first-order chi connectivity index (χ1) is 15.9. The molecule has 12 heteroatoms. The number of hydrogen-bond acceptors (Lipinski definition) is 3. The van der Waals surface area contributed by atoms with Crippen molar-refractivity contribution >= 4 is 40.8 Å². The van der Waals surface area contributed by atoms with Crippen LogP contribution in [0.5, 0.6) is 11.5 Å². The molecule has 3 aromatic rings. The minimum atomic E-state index is -4.58. The summed E-state index contributed by atoms with van der Waals surface area (Å²) in [5.74, 6) is -3.63. The summed E-state index contributed by atoms with van der Waals surface area (Å²) >= 11 is 12.0. The van der Waals surface area contributed by atoms with Crippen LogP contribution in [-0.4, -0.2) is 19.0 Å². The molecular formula is C22H13Cl2F5N2O3. The molecule has 178 valence electrons. The molecule has 3 amide bonds. The van der Waals surface area contributed by atoms with Gasteiger partial charge in [-0.3, -0.25) is 15.0 Å². The lowest BCUT2D eigenvalue weighted by Crippen LogP contribution is -2.41. The molecule has 0 radical (unpaired) electrons. The molecule has 3 aromatic carbocycles. The minimum Gasteiger partial charge on any atom is -0.454 e. The van der Waals surface area contributed by atoms with Crippen molar-refractivity contribution in [3.05, 3.63) is 87.4 Å². The van der Waals surface area contributed by atoms with E-state index in [0.29, 0.717) is 6.07 Å². The summed E-state index contributed by atoms with van der Waals surface area (Å²) in [7, 11) is 1.26. The first-order valence-electron chi connectivity index (χ1n) is 9.25. The van der Waals surface area contributed by atoms with Gasteiger partial charge in [0, 0.05) is 12.7 Å². The van der Waals surface area contributed by atoms with E-state index in [1.54, 1.807) is 0 Å². The Balaban J connectivity index is 1.74. The highest BCUT2D eigenvalue weighted by Gasteiger charge is 2.31. The Morgan fingerprint density at radius 2 is 1.47 bits per heavy atom. The Hall–Kier alpha value is -3.37. The lowest BCUT2D eigenvalue weighted by Gasteiger charge is -2.19. The first-order valence-corrected chi connectivity index (χ1v) is 10.0. The van der Waals surface area contributed by atoms with Gasteiger partial charge in [-0.05, 0) is 48.5 Å². The molecule has 0 fully saturated rings. The van der Waals surface area contributed by atoms with Crippen molar-refractivity contribution in [2.24, 2.45) is 0 Å². The number of halogens is 7. The van der Waals surface area contributed by atoms with E-state index in [2.05, 4.69) is 0 Å². The summed E-state index contributed by atoms with van der Waals surface area (Å²) in [6.45, 7) is 0. The second-order valence-electron chi connectivity index (χ2n) is 6.77. The fourth-order valence-corrected chi connectivity index (χ4v) is 3.17. The van der Waals surface area contributed by atoms with E-state index in [1.165, 1.54) is 25.2 Å². The predicted octanol–water partition coefficient (Wildman–Crippen LogP) is 7.07. The molecule has 0 atom stereocenters. The average Bonchev–Trinajstić information content (AvgIpc) is 2.74. The second-order valence-corrected chi connectivity index (χ2v) is 7.59. The van der Waals surface area contributed by atoms with Crippen molar-refractivity contribution in [1.82, 2.24) is 5.32 Å². The number of benzene rings is 3. The zero-order valence-corrected chi connectivity index (χ0v) is 18.5. The number of anilines is 1. The van der Waals surface area contributed by atoms with Crippen molar-refractivity contribution in [3.63, 3.8) is 0 Å². The van der Waals surface area contributed by atoms with Crippen molar-refractivity contribution < 1.29 is 36.3 Å². The number of hydrogen-bond donors (Lipinski definition) is 1. The largest absolute Gasteiger partial charge is 0.454 e. The number of carbonyl (C=O) groups is 2. The molecule has 34 heavy (non-hydrogen) atoms. The minimum absolute atomic E-state index is 0.0189. The Bertz CT molecular complexity index is 1250. The van der Waals surface area contributed by atoms with Crippen LogP contribution < -0.4 is 15.0 Å². The zero-order chi connectivity index (χ0) is 25.2. The van der Waals surface area contributed by atoms with Gasteiger partial charge in [0.05, 0.1) is 15.6 Å². The van der Waals surface area contributed by atoms with Gasteiger partial charge in [0.2, 0.25) is 0 Å². The Labute approximate surface area is 199 Å². The number of carbonyl (C=O) groups excluding carboxylic acids is 2. The molecule has 3 rings (SSSR count). The Morgan fingerprint density at radius 1 is 0.912 bits per heavy atom. The average molecular weight is 519 g/mol. The summed E-state index contributed by atoms with van der Waals surface area (Å²) in [5.41, 5.74) is -1.71. The zero-order valence-electron chi connectivity index (χ0n) is 17.0. The molecule has 0 bridgehead atoms. The number of imide groups is 1. The number of alkyl halides is 3. The third kappa shape index (κ3) is 5.57. The quantitative estimate of drug-likeness (QED) is 0.376. The van der Waals surface area contributed by atoms with Crippen molar-refractivity contribution in [2.45, 2.75) is 6.18 Å². The number of amides is 3. The summed E-state index contributed by atoms with van der Waals surface area (Å²) in [6, 6.07) is 8.25. The van der Waals surface area contributed by atoms with E-state index in [1.807, 2.05) is 5.32 Å². The van der Waals surface area contributed by atoms with E-state index >= 15 is 0 Å². The molecule has 0 aromatic heterocycles. The van der Waals surface area contributed by atoms with Gasteiger partial charge in [0.1, 0.15) is 28.7 Å². The van der Waals surface area contributed by atoms with Crippen LogP contribution in [0, 0.1) is 11.6 Å². The van der Waals surface area contributed by atoms with E-state index in [9.17, 15) is 31.5 Å². The van der Waals surface area contributed by atoms with E-state index in [-0.39, 0.29) is 27.2 Å². The van der Waals surface area contributed by atoms with Crippen LogP contribution in [-0.2, 0) is 6.18 Å². The third-order valence-corrected chi connectivity index (χ3v) is 5.09. The van der Waals surface area contributed by atoms with Gasteiger partial charge in [-0.25, -0.2) is 13.6 Å². The lowest BCUT2D eigenvalue weighted by atomic mass is 10.2. The van der Waals surface area contributed by atoms with Crippen LogP contribution in [0.15, 0.2) is 54.6 Å². The van der Waals surface area contributed by atoms with Crippen LogP contribution in [0.2, 0.25) is 10.0 Å². The summed E-state index contributed by atoms with van der Waals surface area (Å²) < 4.78 is 71.3. The molecule has 0 saturated heterocycles. The molecule has 1 N–H and O–H groups in total. The molecule has 0 saturated carbocycles. The number of rotatable bonds is 4. The van der Waals surface area contributed by atoms with Crippen molar-refractivity contribution in [2.75, 3.05) is 11.9 Å². The smallest absolute Gasteiger partial charge is 0.416 e. The number of nitrogens with zero attached hydrogens (tertiary/aromatic N) is 1. The maximum absolute atomic E-state index is 13.7. The van der Waals surface area contributed by atoms with Crippen LogP contribution in [0.3, 0.4) is 0 Å². The Kier molecular flexibility index (Phi) is 7.32. The molecule has 0 heterocycles. The van der Waals surface area contributed by atoms with Crippen LogP contribution >= 0.6 is 23.2 Å². The van der Waals surface area contributed by atoms with Gasteiger partial charge in [-0.15, -0.1) is 0 Å². The highest BCUT2D eigenvalue weighted by molar-refractivity contribution is 6.33. The first kappa shape index (κ1) is 25.3. The van der Waals surface area contributed by atoms with Gasteiger partial charge in [0.15, 0.2) is 0 Å². The molecule has 0 spiro atoms. The van der Waals surface area contributed by atoms with Gasteiger partial charge in [0.25, 0.3) is 5.91 Å². The predicted molar refractivity (Wildman–Crippen MR) is 116 cm³/mol. The van der Waals surface area contributed by atoms with Crippen LogP contribution in [0.1, 0.15) is 15.9 Å². The molecule has 0 aliphatic heterocycles. The van der Waals surface area contributed by atoms with Crippen LogP contribution in [0.25, 0.3) is 0 Å². The van der Waals surface area contributed by atoms with E-state index < -0.39 is 40.9 Å². The topological polar surface area (TPSA) is 58.6 Å². The van der Waals surface area contributed by atoms with Crippen LogP contribution in [0.4, 0.5) is 32.4 Å². The number of nitrogens with one attached hydrogen (secondary N) is 1. The Morgan fingerprint density at radius 3 is 2.00 bits per heavy atom. The summed E-state index contributed by atoms with van der Waals surface area (Å²) in [6.07, 6.45) is -4.58. The molecular weight excluding hydrogens is 506 g/mol. The highest BCUT2D eigenvalue weighted by atomic mass is 35.5. The van der Waals surface area contributed by atoms with Gasteiger partial charge in [-0.2, -0.15) is 13.2 Å². The normalized spacial score (nSPS) is 11.2. The molecule has 0 aliphatic carbocycles. The fourth-order valence-electron chi connectivity index (χ4n) is 2.74. The fraction of sp³-hybridized carbons (Fsp3) is 0.0909. The van der Waals surface area contributed by atoms with E-state index in [4.69, 9.17) is 27.9 Å². The molecule has 0 unspecified atom stereocenters. The molecule has 0 aliphatic rings. The monoisotopic (exact) mass is 518 g/mol. The van der Waals surface area contributed by atoms with Crippen molar-refractivity contribution in [3.8, 4) is 11.5 Å². The van der Waals surface area contributed by atoms with Gasteiger partial charge >= 0.3 is 12.2 Å². The maximum Gasteiger partial charge on any atom is 0.416 e. The van der Waals surface area contributed by atoms with E-state index in [0.717, 1.165) is 35.2 Å². The highest BCUT2D eigenvalue weighted by Crippen LogP contribution is 2.38. The third-order valence-electron chi connectivity index (χ3n) is 4.50. The standard InChI is InChI=1S/C22H13Cl2F5N2O3/c1-31(21(33)30-20(32)19-15(25)3-2-4-16(19)26)12-6-8-18(14(24)10-12)34-17-7-5-11(9-13(17)23)22(27,28)29/h2-10H,1H3,(H,30,32,33). The maximum atomic E-state index is 13.7. The van der Waals surface area contributed by atoms with Gasteiger partial charge < -0.3 is 4.74 Å².